The van der Waals surface area contributed by atoms with Crippen LogP contribution in [0.4, 0.5) is 18.9 Å². The SMILES string of the molecule is Cc1cc(C#N)cc(C(=O)NC(C)(C)C)c1NC(=O)c1cc(Cn2nnc3cc(Br)c(C(F)(F)F)cc32)nn1-c1ncccc1Cl. The summed E-state index contributed by atoms with van der Waals surface area (Å²) >= 11 is 9.35. The van der Waals surface area contributed by atoms with Crippen LogP contribution in [0, 0.1) is 18.3 Å². The first-order valence-corrected chi connectivity index (χ1v) is 14.7. The number of halogens is 5. The third-order valence-electron chi connectivity index (χ3n) is 6.59. The third kappa shape index (κ3) is 6.73. The number of carbonyl (C=O) groups excluding carboxylic acids is 2. The third-order valence-corrected chi connectivity index (χ3v) is 7.54. The number of nitrogens with zero attached hydrogens (tertiary/aromatic N) is 7. The van der Waals surface area contributed by atoms with Crippen molar-refractivity contribution in [3.8, 4) is 11.9 Å². The van der Waals surface area contributed by atoms with E-state index in [9.17, 15) is 28.0 Å². The molecule has 236 valence electrons. The number of aryl methyl sites for hydroxylation is 1. The van der Waals surface area contributed by atoms with E-state index in [2.05, 4.69) is 47.0 Å². The molecule has 2 N–H and O–H groups in total. The fraction of sp³-hybridized carbons (Fsp3) is 0.233. The second kappa shape index (κ2) is 12.2. The molecule has 11 nitrogen and oxygen atoms in total. The summed E-state index contributed by atoms with van der Waals surface area (Å²) in [5.41, 5.74) is -0.127. The van der Waals surface area contributed by atoms with Gasteiger partial charge in [-0.2, -0.15) is 23.5 Å². The van der Waals surface area contributed by atoms with Gasteiger partial charge in [-0.1, -0.05) is 32.7 Å². The van der Waals surface area contributed by atoms with Crippen molar-refractivity contribution >= 4 is 56.1 Å². The van der Waals surface area contributed by atoms with Crippen LogP contribution in [0.15, 0.2) is 53.1 Å². The maximum Gasteiger partial charge on any atom is 0.417 e. The zero-order valence-corrected chi connectivity index (χ0v) is 27.0. The zero-order valence-electron chi connectivity index (χ0n) is 24.7. The molecule has 5 rings (SSSR count). The lowest BCUT2D eigenvalue weighted by molar-refractivity contribution is -0.138. The predicted octanol–water partition coefficient (Wildman–Crippen LogP) is 6.46. The van der Waals surface area contributed by atoms with Gasteiger partial charge >= 0.3 is 6.18 Å². The van der Waals surface area contributed by atoms with Gasteiger partial charge < -0.3 is 10.6 Å². The molecule has 0 aliphatic rings. The van der Waals surface area contributed by atoms with Gasteiger partial charge in [-0.3, -0.25) is 9.59 Å². The summed E-state index contributed by atoms with van der Waals surface area (Å²) in [5.74, 6) is -1.10. The van der Waals surface area contributed by atoms with Gasteiger partial charge in [0.15, 0.2) is 5.82 Å². The summed E-state index contributed by atoms with van der Waals surface area (Å²) in [6.07, 6.45) is -3.18. The number of fused-ring (bicyclic) bond motifs is 1. The number of amides is 2. The van der Waals surface area contributed by atoms with Gasteiger partial charge in [0.1, 0.15) is 11.2 Å². The van der Waals surface area contributed by atoms with Crippen molar-refractivity contribution < 1.29 is 22.8 Å². The van der Waals surface area contributed by atoms with Crippen LogP contribution in [0.3, 0.4) is 0 Å². The van der Waals surface area contributed by atoms with Crippen LogP contribution in [0.25, 0.3) is 16.9 Å². The molecule has 0 aliphatic heterocycles. The number of alkyl halides is 3. The van der Waals surface area contributed by atoms with Crippen LogP contribution in [0.2, 0.25) is 5.02 Å². The lowest BCUT2D eigenvalue weighted by Crippen LogP contribution is -2.41. The summed E-state index contributed by atoms with van der Waals surface area (Å²) < 4.78 is 43.1. The first-order valence-electron chi connectivity index (χ1n) is 13.5. The maximum atomic E-state index is 13.9. The zero-order chi connectivity index (χ0) is 33.6. The molecule has 0 aliphatic carbocycles. The van der Waals surface area contributed by atoms with Crippen LogP contribution in [-0.4, -0.2) is 47.1 Å². The monoisotopic (exact) mass is 713 g/mol. The number of aromatic nitrogens is 6. The van der Waals surface area contributed by atoms with Gasteiger partial charge in [-0.25, -0.2) is 14.3 Å². The fourth-order valence-electron chi connectivity index (χ4n) is 4.62. The Kier molecular flexibility index (Phi) is 8.63. The van der Waals surface area contributed by atoms with Crippen LogP contribution in [0.1, 0.15) is 64.0 Å². The van der Waals surface area contributed by atoms with Gasteiger partial charge in [0.25, 0.3) is 11.8 Å². The molecular weight excluding hydrogens is 691 g/mol. The molecule has 0 saturated heterocycles. The number of nitrogens with one attached hydrogen (secondary N) is 2. The van der Waals surface area contributed by atoms with E-state index in [1.807, 2.05) is 6.07 Å². The first kappa shape index (κ1) is 32.6. The molecular formula is C30H24BrClF3N9O2. The first-order chi connectivity index (χ1) is 21.6. The van der Waals surface area contributed by atoms with Crippen molar-refractivity contribution in [2.75, 3.05) is 5.32 Å². The maximum absolute atomic E-state index is 13.9. The predicted molar refractivity (Wildman–Crippen MR) is 167 cm³/mol. The van der Waals surface area contributed by atoms with E-state index in [4.69, 9.17) is 11.6 Å². The second-order valence-corrected chi connectivity index (χ2v) is 12.6. The molecule has 16 heteroatoms. The molecule has 2 amide bonds. The Labute approximate surface area is 273 Å². The summed E-state index contributed by atoms with van der Waals surface area (Å²) in [5, 5.41) is 27.8. The Morgan fingerprint density at radius 3 is 2.50 bits per heavy atom. The Morgan fingerprint density at radius 1 is 1.11 bits per heavy atom. The lowest BCUT2D eigenvalue weighted by atomic mass is 10.0. The van der Waals surface area contributed by atoms with Crippen LogP contribution >= 0.6 is 27.5 Å². The minimum atomic E-state index is -4.63. The molecule has 3 heterocycles. The minimum Gasteiger partial charge on any atom is -0.347 e. The topological polar surface area (TPSA) is 143 Å². The molecule has 46 heavy (non-hydrogen) atoms. The van der Waals surface area contributed by atoms with Crippen molar-refractivity contribution in [2.45, 2.75) is 46.0 Å². The van der Waals surface area contributed by atoms with E-state index in [0.717, 1.165) is 6.07 Å². The highest BCUT2D eigenvalue weighted by atomic mass is 79.9. The van der Waals surface area contributed by atoms with E-state index in [-0.39, 0.29) is 61.1 Å². The highest BCUT2D eigenvalue weighted by Crippen LogP contribution is 2.37. The summed E-state index contributed by atoms with van der Waals surface area (Å²) in [6, 6.07) is 11.6. The molecule has 0 saturated carbocycles. The van der Waals surface area contributed by atoms with Crippen LogP contribution < -0.4 is 10.6 Å². The molecule has 0 unspecified atom stereocenters. The average molecular weight is 715 g/mol. The normalized spacial score (nSPS) is 11.8. The van der Waals surface area contributed by atoms with Gasteiger partial charge in [-0.05, 0) is 75.7 Å². The number of hydrogen-bond acceptors (Lipinski definition) is 7. The van der Waals surface area contributed by atoms with Crippen molar-refractivity contribution in [1.29, 1.82) is 5.26 Å². The van der Waals surface area contributed by atoms with Crippen LogP contribution in [-0.2, 0) is 12.7 Å². The summed E-state index contributed by atoms with van der Waals surface area (Å²) in [7, 11) is 0. The van der Waals surface area contributed by atoms with Gasteiger partial charge in [0, 0.05) is 16.2 Å². The Morgan fingerprint density at radius 2 is 1.85 bits per heavy atom. The van der Waals surface area contributed by atoms with E-state index in [1.54, 1.807) is 39.8 Å². The van der Waals surface area contributed by atoms with Gasteiger partial charge in [0.2, 0.25) is 0 Å². The smallest absolute Gasteiger partial charge is 0.347 e. The summed E-state index contributed by atoms with van der Waals surface area (Å²) in [6.45, 7) is 6.86. The number of carbonyl (C=O) groups is 2. The second-order valence-electron chi connectivity index (χ2n) is 11.3. The van der Waals surface area contributed by atoms with Crippen molar-refractivity contribution in [2.24, 2.45) is 0 Å². The van der Waals surface area contributed by atoms with E-state index < -0.39 is 29.1 Å². The highest BCUT2D eigenvalue weighted by Gasteiger charge is 2.34. The molecule has 0 bridgehead atoms. The van der Waals surface area contributed by atoms with Gasteiger partial charge in [-0.15, -0.1) is 5.10 Å². The van der Waals surface area contributed by atoms with E-state index >= 15 is 0 Å². The average Bonchev–Trinajstić information content (AvgIpc) is 3.56. The summed E-state index contributed by atoms with van der Waals surface area (Å²) in [4.78, 5) is 31.4. The minimum absolute atomic E-state index is 0.0512. The Hall–Kier alpha value is -4.81. The number of nitriles is 1. The molecule has 3 aromatic heterocycles. The molecule has 0 atom stereocenters. The standard InChI is InChI=1S/C30H24BrClF3N9O2/c1-15-8-16(13-36)9-18(27(45)39-29(2,3)4)25(15)38-28(46)24-10-17(41-44(24)26-21(32)6-5-7-37-26)14-43-23-11-19(30(33,34)35)20(31)12-22(23)40-42-43/h5-12H,14H2,1-4H3,(H,38,46)(H,39,45). The Balaban J connectivity index is 1.58. The number of benzene rings is 2. The van der Waals surface area contributed by atoms with E-state index in [1.165, 1.54) is 39.8 Å². The van der Waals surface area contributed by atoms with Crippen molar-refractivity contribution in [3.05, 3.63) is 91.8 Å². The number of anilines is 1. The molecule has 0 fully saturated rings. The number of hydrogen-bond donors (Lipinski definition) is 2. The van der Waals surface area contributed by atoms with Crippen molar-refractivity contribution in [1.82, 2.24) is 35.1 Å². The van der Waals surface area contributed by atoms with Crippen LogP contribution in [0.5, 0.6) is 0 Å². The highest BCUT2D eigenvalue weighted by molar-refractivity contribution is 9.10. The number of rotatable bonds is 6. The fourth-order valence-corrected chi connectivity index (χ4v) is 5.38. The van der Waals surface area contributed by atoms with Crippen molar-refractivity contribution in [3.63, 3.8) is 0 Å². The quantitative estimate of drug-likeness (QED) is 0.206. The Bertz CT molecular complexity index is 2060. The largest absolute Gasteiger partial charge is 0.417 e. The molecule has 5 aromatic rings. The molecule has 0 radical (unpaired) electrons. The molecule has 0 spiro atoms. The number of pyridine rings is 1. The van der Waals surface area contributed by atoms with E-state index in [0.29, 0.717) is 5.56 Å². The molecule has 2 aromatic carbocycles. The van der Waals surface area contributed by atoms with Gasteiger partial charge in [0.05, 0.1) is 51.2 Å². The lowest BCUT2D eigenvalue weighted by Gasteiger charge is -2.22.